The summed E-state index contributed by atoms with van der Waals surface area (Å²) in [7, 11) is 0. The summed E-state index contributed by atoms with van der Waals surface area (Å²) in [5, 5.41) is 2.38. The molecule has 53 heavy (non-hydrogen) atoms. The number of allylic oxidation sites excluding steroid dienone is 3. The molecular formula is C49H58O4. The van der Waals surface area contributed by atoms with Crippen LogP contribution in [-0.4, -0.2) is 24.0 Å². The Morgan fingerprint density at radius 2 is 1.55 bits per heavy atom. The maximum absolute atomic E-state index is 14.8. The number of rotatable bonds is 21. The van der Waals surface area contributed by atoms with Gasteiger partial charge in [-0.15, -0.1) is 11.5 Å². The zero-order valence-corrected chi connectivity index (χ0v) is 32.1. The molecule has 2 aliphatic carbocycles. The van der Waals surface area contributed by atoms with Gasteiger partial charge >= 0.3 is 0 Å². The van der Waals surface area contributed by atoms with Crippen LogP contribution in [0.15, 0.2) is 110 Å². The zero-order valence-electron chi connectivity index (χ0n) is 32.1. The maximum Gasteiger partial charge on any atom is 0.185 e. The summed E-state index contributed by atoms with van der Waals surface area (Å²) in [6.07, 6.45) is 12.4. The lowest BCUT2D eigenvalue weighted by Crippen LogP contribution is -2.29. The average molecular weight is 711 g/mol. The van der Waals surface area contributed by atoms with Crippen molar-refractivity contribution in [3.8, 4) is 0 Å². The van der Waals surface area contributed by atoms with Crippen LogP contribution in [0.25, 0.3) is 16.3 Å². The first kappa shape index (κ1) is 39.9. The molecule has 3 aromatic carbocycles. The van der Waals surface area contributed by atoms with Crippen LogP contribution in [0.5, 0.6) is 0 Å². The molecule has 0 saturated heterocycles. The van der Waals surface area contributed by atoms with Gasteiger partial charge < -0.3 is 4.74 Å². The third kappa shape index (κ3) is 10.4. The van der Waals surface area contributed by atoms with Gasteiger partial charge in [0.25, 0.3) is 0 Å². The molecule has 278 valence electrons. The molecule has 2 saturated carbocycles. The van der Waals surface area contributed by atoms with Gasteiger partial charge in [0.15, 0.2) is 5.78 Å². The predicted octanol–water partition coefficient (Wildman–Crippen LogP) is 12.0. The second kappa shape index (κ2) is 19.1. The molecule has 0 amide bonds. The maximum atomic E-state index is 14.8. The minimum Gasteiger partial charge on any atom is -0.377 e. The van der Waals surface area contributed by atoms with E-state index < -0.39 is 0 Å². The van der Waals surface area contributed by atoms with E-state index in [0.29, 0.717) is 50.2 Å². The Bertz CT molecular complexity index is 1870. The van der Waals surface area contributed by atoms with Crippen molar-refractivity contribution >= 4 is 33.7 Å². The number of fused-ring (bicyclic) bond motifs is 1. The van der Waals surface area contributed by atoms with Crippen LogP contribution in [0, 0.1) is 29.1 Å². The summed E-state index contributed by atoms with van der Waals surface area (Å²) in [5.74, 6) is 0.151. The lowest BCUT2D eigenvalue weighted by atomic mass is 9.72. The van der Waals surface area contributed by atoms with E-state index in [1.165, 1.54) is 23.3 Å². The molecule has 5 rings (SSSR count). The number of hydrogen-bond acceptors (Lipinski definition) is 4. The predicted molar refractivity (Wildman–Crippen MR) is 218 cm³/mol. The standard InChI is InChI=1S/C49H58O4/c1-6-17-42(48(52)49(5)27-28-49)31-36(7-2)41(26-29-53-34-35-24-25-38-18-13-14-21-40(38)30-35)33-47(51)45(39-19-11-10-12-20-39)32-37(8-3)43-22-15-16-23-44(43)46(50)9-4/h9,13-16,18,21-25,30,39,41-42,45H,2-4,6,10-12,17,19-20,26-29,31-34H2,1,5H3/t41-,42?,45+/m1/s1. The number of benzene rings is 3. The Hall–Kier alpha value is -4.33. The van der Waals surface area contributed by atoms with Crippen LogP contribution in [-0.2, 0) is 20.9 Å². The number of ether oxygens (including phenoxy) is 1. The molecule has 0 heterocycles. The molecule has 3 atom stereocenters. The van der Waals surface area contributed by atoms with E-state index >= 15 is 0 Å². The number of carbonyl (C=O) groups excluding carboxylic acids is 3. The molecular weight excluding hydrogens is 653 g/mol. The Morgan fingerprint density at radius 1 is 0.849 bits per heavy atom. The van der Waals surface area contributed by atoms with Crippen molar-refractivity contribution in [2.24, 2.45) is 29.1 Å². The third-order valence-electron chi connectivity index (χ3n) is 11.9. The van der Waals surface area contributed by atoms with Crippen LogP contribution in [0.3, 0.4) is 0 Å². The smallest absolute Gasteiger partial charge is 0.185 e. The molecule has 0 radical (unpaired) electrons. The highest BCUT2D eigenvalue weighted by Gasteiger charge is 2.47. The lowest BCUT2D eigenvalue weighted by Gasteiger charge is -2.32. The molecule has 0 bridgehead atoms. The highest BCUT2D eigenvalue weighted by Crippen LogP contribution is 2.49. The van der Waals surface area contributed by atoms with Crippen LogP contribution >= 0.6 is 0 Å². The van der Waals surface area contributed by atoms with Gasteiger partial charge in [0.2, 0.25) is 0 Å². The fourth-order valence-electron chi connectivity index (χ4n) is 8.44. The van der Waals surface area contributed by atoms with Gasteiger partial charge in [0.05, 0.1) is 6.61 Å². The topological polar surface area (TPSA) is 60.4 Å². The highest BCUT2D eigenvalue weighted by atomic mass is 16.5. The fraction of sp³-hybridized carbons (Fsp3) is 0.449. The average Bonchev–Trinajstić information content (AvgIpc) is 3.95. The number of carbonyl (C=O) groups is 3. The summed E-state index contributed by atoms with van der Waals surface area (Å²) < 4.78 is 6.30. The SMILES string of the molecule is C=C=C(C[C@H](C(=O)C[C@@H](CCOCc1ccc2ccccc2c1)C(=C=C)CC(CCC)C(=O)C1(C)CC1)C1CCCCC1)c1ccccc1C(=O)C=C. The molecule has 2 fully saturated rings. The van der Waals surface area contributed by atoms with Crippen LogP contribution in [0.4, 0.5) is 0 Å². The van der Waals surface area contributed by atoms with Gasteiger partial charge in [-0.2, -0.15) is 0 Å². The Labute approximate surface area is 317 Å². The van der Waals surface area contributed by atoms with Crippen molar-refractivity contribution in [3.05, 3.63) is 126 Å². The molecule has 0 spiro atoms. The van der Waals surface area contributed by atoms with Gasteiger partial charge in [0.1, 0.15) is 11.6 Å². The second-order valence-electron chi connectivity index (χ2n) is 15.7. The number of ketones is 3. The van der Waals surface area contributed by atoms with Crippen LogP contribution in [0.1, 0.15) is 119 Å². The minimum atomic E-state index is -0.239. The first-order chi connectivity index (χ1) is 25.7. The van der Waals surface area contributed by atoms with E-state index in [2.05, 4.69) is 75.4 Å². The lowest BCUT2D eigenvalue weighted by molar-refractivity contribution is -0.127. The zero-order chi connectivity index (χ0) is 37.8. The first-order valence-corrected chi connectivity index (χ1v) is 19.9. The molecule has 3 aromatic rings. The van der Waals surface area contributed by atoms with Crippen molar-refractivity contribution in [2.75, 3.05) is 6.61 Å². The molecule has 2 aliphatic rings. The minimum absolute atomic E-state index is 0.101. The number of Topliss-reactive ketones (excluding diaryl/α,β-unsaturated/α-hetero) is 2. The quantitative estimate of drug-likeness (QED) is 0.0478. The molecule has 1 unspecified atom stereocenters. The number of hydrogen-bond donors (Lipinski definition) is 0. The summed E-state index contributed by atoms with van der Waals surface area (Å²) in [6.45, 7) is 17.0. The normalized spacial score (nSPS) is 16.8. The Morgan fingerprint density at radius 3 is 2.21 bits per heavy atom. The Kier molecular flexibility index (Phi) is 14.4. The third-order valence-corrected chi connectivity index (χ3v) is 11.9. The van der Waals surface area contributed by atoms with E-state index in [4.69, 9.17) is 4.74 Å². The van der Waals surface area contributed by atoms with Gasteiger partial charge in [-0.3, -0.25) is 14.4 Å². The fourth-order valence-corrected chi connectivity index (χ4v) is 8.44. The van der Waals surface area contributed by atoms with Crippen LogP contribution < -0.4 is 0 Å². The van der Waals surface area contributed by atoms with Crippen molar-refractivity contribution in [3.63, 3.8) is 0 Å². The van der Waals surface area contributed by atoms with Gasteiger partial charge in [0, 0.05) is 41.4 Å². The highest BCUT2D eigenvalue weighted by molar-refractivity contribution is 6.07. The van der Waals surface area contributed by atoms with E-state index in [1.807, 2.05) is 30.3 Å². The molecule has 0 aromatic heterocycles. The van der Waals surface area contributed by atoms with E-state index in [9.17, 15) is 14.4 Å². The summed E-state index contributed by atoms with van der Waals surface area (Å²) in [5.41, 5.74) is 10.4. The van der Waals surface area contributed by atoms with Gasteiger partial charge in [-0.25, -0.2) is 0 Å². The van der Waals surface area contributed by atoms with Crippen molar-refractivity contribution in [1.29, 1.82) is 0 Å². The van der Waals surface area contributed by atoms with E-state index in [0.717, 1.165) is 73.6 Å². The van der Waals surface area contributed by atoms with E-state index in [-0.39, 0.29) is 40.7 Å². The molecule has 0 N–H and O–H groups in total. The first-order valence-electron chi connectivity index (χ1n) is 19.9. The second-order valence-corrected chi connectivity index (χ2v) is 15.7. The van der Waals surface area contributed by atoms with Gasteiger partial charge in [-0.05, 0) is 103 Å². The molecule has 0 aliphatic heterocycles. The monoisotopic (exact) mass is 710 g/mol. The van der Waals surface area contributed by atoms with Crippen molar-refractivity contribution in [1.82, 2.24) is 0 Å². The summed E-state index contributed by atoms with van der Waals surface area (Å²) >= 11 is 0. The molecule has 4 heteroatoms. The van der Waals surface area contributed by atoms with E-state index in [1.54, 1.807) is 6.07 Å². The summed E-state index contributed by atoms with van der Waals surface area (Å²) in [6, 6.07) is 22.2. The van der Waals surface area contributed by atoms with Crippen molar-refractivity contribution in [2.45, 2.75) is 104 Å². The van der Waals surface area contributed by atoms with Gasteiger partial charge in [-0.1, -0.05) is 120 Å². The van der Waals surface area contributed by atoms with Crippen LogP contribution in [0.2, 0.25) is 0 Å². The van der Waals surface area contributed by atoms with Crippen molar-refractivity contribution < 1.29 is 19.1 Å². The molecule has 4 nitrogen and oxygen atoms in total. The summed E-state index contributed by atoms with van der Waals surface area (Å²) in [4.78, 5) is 41.4. The Balaban J connectivity index is 1.39. The largest absolute Gasteiger partial charge is 0.377 e.